The summed E-state index contributed by atoms with van der Waals surface area (Å²) in [6.07, 6.45) is 1.73. The maximum atomic E-state index is 9.36. The molecule has 3 rings (SSSR count). The zero-order valence-electron chi connectivity index (χ0n) is 12.7. The Morgan fingerprint density at radius 3 is 2.52 bits per heavy atom. The van der Waals surface area contributed by atoms with Crippen molar-refractivity contribution in [1.82, 2.24) is 15.0 Å². The number of rotatable bonds is 5. The first-order valence-corrected chi connectivity index (χ1v) is 7.35. The molecule has 0 atom stereocenters. The third-order valence-electron chi connectivity index (χ3n) is 3.13. The minimum absolute atomic E-state index is 0.223. The lowest BCUT2D eigenvalue weighted by Crippen LogP contribution is -2.05. The largest absolute Gasteiger partial charge is 0.508 e. The van der Waals surface area contributed by atoms with Gasteiger partial charge in [0.25, 0.3) is 0 Å². The minimum Gasteiger partial charge on any atom is -0.508 e. The van der Waals surface area contributed by atoms with E-state index in [2.05, 4.69) is 25.6 Å². The predicted octanol–water partition coefficient (Wildman–Crippen LogP) is 3.42. The zero-order chi connectivity index (χ0) is 16.1. The molecule has 2 heterocycles. The lowest BCUT2D eigenvalue weighted by molar-refractivity contribution is 0.475. The molecule has 0 bridgehead atoms. The number of anilines is 3. The van der Waals surface area contributed by atoms with Crippen LogP contribution in [0.15, 0.2) is 54.7 Å². The van der Waals surface area contributed by atoms with Gasteiger partial charge in [0.2, 0.25) is 5.95 Å². The van der Waals surface area contributed by atoms with Crippen LogP contribution < -0.4 is 10.6 Å². The SMILES string of the molecule is CCNc1nc(Nc2ccc(O)cc2)cc(-c2ccccn2)n1. The summed E-state index contributed by atoms with van der Waals surface area (Å²) in [6, 6.07) is 14.3. The summed E-state index contributed by atoms with van der Waals surface area (Å²) in [5.74, 6) is 1.42. The minimum atomic E-state index is 0.223. The molecule has 0 fully saturated rings. The smallest absolute Gasteiger partial charge is 0.225 e. The van der Waals surface area contributed by atoms with Gasteiger partial charge in [-0.25, -0.2) is 4.98 Å². The van der Waals surface area contributed by atoms with Gasteiger partial charge in [-0.2, -0.15) is 4.98 Å². The summed E-state index contributed by atoms with van der Waals surface area (Å²) in [6.45, 7) is 2.72. The Hall–Kier alpha value is -3.15. The molecule has 2 aromatic heterocycles. The van der Waals surface area contributed by atoms with E-state index in [9.17, 15) is 5.11 Å². The molecule has 0 radical (unpaired) electrons. The number of aromatic nitrogens is 3. The molecule has 6 heteroatoms. The summed E-state index contributed by atoms with van der Waals surface area (Å²) in [5.41, 5.74) is 2.34. The average Bonchev–Trinajstić information content (AvgIpc) is 2.58. The molecular weight excluding hydrogens is 290 g/mol. The van der Waals surface area contributed by atoms with Crippen LogP contribution in [0.25, 0.3) is 11.4 Å². The number of aromatic hydroxyl groups is 1. The van der Waals surface area contributed by atoms with E-state index in [0.29, 0.717) is 11.8 Å². The molecule has 0 spiro atoms. The Balaban J connectivity index is 1.95. The molecule has 23 heavy (non-hydrogen) atoms. The van der Waals surface area contributed by atoms with Gasteiger partial charge in [0.15, 0.2) is 0 Å². The van der Waals surface area contributed by atoms with Gasteiger partial charge in [-0.3, -0.25) is 4.98 Å². The fourth-order valence-electron chi connectivity index (χ4n) is 2.09. The predicted molar refractivity (Wildman–Crippen MR) is 90.8 cm³/mol. The van der Waals surface area contributed by atoms with Crippen LogP contribution in [0, 0.1) is 0 Å². The van der Waals surface area contributed by atoms with Crippen LogP contribution in [0.2, 0.25) is 0 Å². The molecule has 0 aliphatic carbocycles. The van der Waals surface area contributed by atoms with Crippen LogP contribution in [0.3, 0.4) is 0 Å². The first kappa shape index (κ1) is 14.8. The van der Waals surface area contributed by atoms with Crippen LogP contribution in [0.1, 0.15) is 6.92 Å². The Morgan fingerprint density at radius 1 is 1.00 bits per heavy atom. The number of nitrogens with one attached hydrogen (secondary N) is 2. The third-order valence-corrected chi connectivity index (χ3v) is 3.13. The van der Waals surface area contributed by atoms with Gasteiger partial charge in [0, 0.05) is 24.5 Å². The maximum absolute atomic E-state index is 9.36. The fraction of sp³-hybridized carbons (Fsp3) is 0.118. The van der Waals surface area contributed by atoms with Gasteiger partial charge in [-0.1, -0.05) is 6.07 Å². The highest BCUT2D eigenvalue weighted by molar-refractivity contribution is 5.65. The van der Waals surface area contributed by atoms with Gasteiger partial charge in [0.1, 0.15) is 11.6 Å². The van der Waals surface area contributed by atoms with Gasteiger partial charge in [-0.15, -0.1) is 0 Å². The summed E-state index contributed by atoms with van der Waals surface area (Å²) in [7, 11) is 0. The van der Waals surface area contributed by atoms with Crippen molar-refractivity contribution >= 4 is 17.5 Å². The number of hydrogen-bond donors (Lipinski definition) is 3. The molecule has 1 aromatic carbocycles. The number of nitrogens with zero attached hydrogens (tertiary/aromatic N) is 3. The van der Waals surface area contributed by atoms with E-state index >= 15 is 0 Å². The van der Waals surface area contributed by atoms with E-state index in [0.717, 1.165) is 23.6 Å². The number of pyridine rings is 1. The molecule has 0 saturated heterocycles. The quantitative estimate of drug-likeness (QED) is 0.626. The molecule has 0 amide bonds. The summed E-state index contributed by atoms with van der Waals surface area (Å²) in [4.78, 5) is 13.3. The number of hydrogen-bond acceptors (Lipinski definition) is 6. The van der Waals surface area contributed by atoms with Gasteiger partial charge in [-0.05, 0) is 43.3 Å². The molecule has 6 nitrogen and oxygen atoms in total. The first-order chi connectivity index (χ1) is 11.2. The number of benzene rings is 1. The van der Waals surface area contributed by atoms with Crippen molar-refractivity contribution in [1.29, 1.82) is 0 Å². The molecule has 3 N–H and O–H groups in total. The summed E-state index contributed by atoms with van der Waals surface area (Å²) in [5, 5.41) is 15.7. The van der Waals surface area contributed by atoms with Crippen molar-refractivity contribution in [3.05, 3.63) is 54.7 Å². The van der Waals surface area contributed by atoms with E-state index in [1.165, 1.54) is 0 Å². The summed E-state index contributed by atoms with van der Waals surface area (Å²) < 4.78 is 0. The highest BCUT2D eigenvalue weighted by Crippen LogP contribution is 2.23. The highest BCUT2D eigenvalue weighted by Gasteiger charge is 2.07. The van der Waals surface area contributed by atoms with Crippen molar-refractivity contribution in [3.8, 4) is 17.1 Å². The van der Waals surface area contributed by atoms with Crippen LogP contribution >= 0.6 is 0 Å². The Kier molecular flexibility index (Phi) is 4.33. The van der Waals surface area contributed by atoms with Crippen LogP contribution in [-0.4, -0.2) is 26.6 Å². The van der Waals surface area contributed by atoms with Gasteiger partial charge in [0.05, 0.1) is 11.4 Å². The Labute approximate surface area is 134 Å². The maximum Gasteiger partial charge on any atom is 0.225 e. The average molecular weight is 307 g/mol. The standard InChI is InChI=1S/C17H17N5O/c1-2-18-17-21-15(14-5-3-4-10-19-14)11-16(22-17)20-12-6-8-13(23)9-7-12/h3-11,23H,2H2,1H3,(H2,18,20,21,22). The first-order valence-electron chi connectivity index (χ1n) is 7.35. The molecule has 0 aliphatic heterocycles. The Morgan fingerprint density at radius 2 is 1.83 bits per heavy atom. The lowest BCUT2D eigenvalue weighted by Gasteiger charge is -2.10. The van der Waals surface area contributed by atoms with Gasteiger partial charge < -0.3 is 15.7 Å². The van der Waals surface area contributed by atoms with Crippen LogP contribution in [-0.2, 0) is 0 Å². The van der Waals surface area contributed by atoms with Gasteiger partial charge >= 0.3 is 0 Å². The number of phenolic OH excluding ortho intramolecular Hbond substituents is 1. The normalized spacial score (nSPS) is 10.3. The summed E-state index contributed by atoms with van der Waals surface area (Å²) >= 11 is 0. The lowest BCUT2D eigenvalue weighted by atomic mass is 10.2. The molecular formula is C17H17N5O. The fourth-order valence-corrected chi connectivity index (χ4v) is 2.09. The molecule has 3 aromatic rings. The van der Waals surface area contributed by atoms with Crippen LogP contribution in [0.5, 0.6) is 5.75 Å². The van der Waals surface area contributed by atoms with E-state index in [4.69, 9.17) is 0 Å². The third kappa shape index (κ3) is 3.74. The second kappa shape index (κ2) is 6.74. The molecule has 0 saturated carbocycles. The molecule has 0 unspecified atom stereocenters. The second-order valence-electron chi connectivity index (χ2n) is 4.88. The van der Waals surface area contributed by atoms with Crippen molar-refractivity contribution in [2.75, 3.05) is 17.2 Å². The Bertz CT molecular complexity index is 775. The van der Waals surface area contributed by atoms with Crippen molar-refractivity contribution in [2.24, 2.45) is 0 Å². The molecule has 0 aliphatic rings. The van der Waals surface area contributed by atoms with Crippen molar-refractivity contribution in [2.45, 2.75) is 6.92 Å². The monoisotopic (exact) mass is 307 g/mol. The van der Waals surface area contributed by atoms with Crippen LogP contribution in [0.4, 0.5) is 17.5 Å². The van der Waals surface area contributed by atoms with E-state index in [1.54, 1.807) is 30.5 Å². The number of phenols is 1. The molecule has 116 valence electrons. The second-order valence-corrected chi connectivity index (χ2v) is 4.88. The van der Waals surface area contributed by atoms with E-state index in [1.807, 2.05) is 31.2 Å². The van der Waals surface area contributed by atoms with Crippen molar-refractivity contribution < 1.29 is 5.11 Å². The zero-order valence-corrected chi connectivity index (χ0v) is 12.7. The topological polar surface area (TPSA) is 83.0 Å². The van der Waals surface area contributed by atoms with E-state index in [-0.39, 0.29) is 5.75 Å². The van der Waals surface area contributed by atoms with E-state index < -0.39 is 0 Å². The highest BCUT2D eigenvalue weighted by atomic mass is 16.3. The van der Waals surface area contributed by atoms with Crippen molar-refractivity contribution in [3.63, 3.8) is 0 Å².